The Balaban J connectivity index is 1.37. The summed E-state index contributed by atoms with van der Waals surface area (Å²) < 4.78 is 5.74. The van der Waals surface area contributed by atoms with E-state index in [1.807, 2.05) is 0 Å². The maximum absolute atomic E-state index is 13.2. The number of carboxylic acids is 1. The summed E-state index contributed by atoms with van der Waals surface area (Å²) in [5, 5.41) is 16.3. The zero-order valence-electron chi connectivity index (χ0n) is 16.9. The molecule has 1 aromatic rings. The second-order valence-electron chi connectivity index (χ2n) is 9.04. The van der Waals surface area contributed by atoms with E-state index in [9.17, 15) is 19.5 Å². The third-order valence-corrected chi connectivity index (χ3v) is 8.39. The van der Waals surface area contributed by atoms with Crippen molar-refractivity contribution in [1.82, 2.24) is 5.32 Å². The number of anilines is 1. The number of carbonyl (C=O) groups is 3. The van der Waals surface area contributed by atoms with Crippen molar-refractivity contribution in [3.05, 3.63) is 16.0 Å². The summed E-state index contributed by atoms with van der Waals surface area (Å²) in [7, 11) is 0. The number of rotatable bonds is 5. The van der Waals surface area contributed by atoms with Gasteiger partial charge in [-0.05, 0) is 50.5 Å². The molecule has 162 valence electrons. The highest BCUT2D eigenvalue weighted by Gasteiger charge is 2.55. The molecule has 3 heterocycles. The standard InChI is InChI=1S/C22H28N2O5S/c25-19(23-11-5-2-1-3-6-11)16-12-7-4-8-15(12)30-21(16)24-20(26)17-13-9-10-14(29-13)18(17)22(27)28/h11,13-14,17-18H,1-10H2,(H,23,25)(H,24,26)(H,27,28)/t13-,14-,17+,18+/m1/s1. The first kappa shape index (κ1) is 20.0. The summed E-state index contributed by atoms with van der Waals surface area (Å²) in [4.78, 5) is 39.2. The van der Waals surface area contributed by atoms with Crippen LogP contribution < -0.4 is 10.6 Å². The molecule has 8 heteroatoms. The fourth-order valence-corrected chi connectivity index (χ4v) is 7.05. The van der Waals surface area contributed by atoms with Gasteiger partial charge < -0.3 is 20.5 Å². The minimum Gasteiger partial charge on any atom is -0.481 e. The van der Waals surface area contributed by atoms with Gasteiger partial charge in [-0.2, -0.15) is 0 Å². The summed E-state index contributed by atoms with van der Waals surface area (Å²) in [6.07, 6.45) is 8.97. The number of hydrogen-bond donors (Lipinski definition) is 3. The quantitative estimate of drug-likeness (QED) is 0.663. The van der Waals surface area contributed by atoms with Crippen molar-refractivity contribution in [3.8, 4) is 0 Å². The van der Waals surface area contributed by atoms with Gasteiger partial charge in [0.25, 0.3) is 5.91 Å². The first-order valence-electron chi connectivity index (χ1n) is 11.2. The minimum atomic E-state index is -0.980. The van der Waals surface area contributed by atoms with Gasteiger partial charge in [-0.15, -0.1) is 11.3 Å². The van der Waals surface area contributed by atoms with Gasteiger partial charge in [-0.1, -0.05) is 19.3 Å². The van der Waals surface area contributed by atoms with Gasteiger partial charge in [0.1, 0.15) is 5.00 Å². The van der Waals surface area contributed by atoms with Gasteiger partial charge >= 0.3 is 5.97 Å². The number of ether oxygens (including phenoxy) is 1. The van der Waals surface area contributed by atoms with Crippen LogP contribution in [-0.4, -0.2) is 41.1 Å². The van der Waals surface area contributed by atoms with E-state index in [4.69, 9.17) is 4.74 Å². The van der Waals surface area contributed by atoms with Crippen LogP contribution in [0.2, 0.25) is 0 Å². The summed E-state index contributed by atoms with van der Waals surface area (Å²) in [5.74, 6) is -2.93. The van der Waals surface area contributed by atoms with Gasteiger partial charge in [0.15, 0.2) is 0 Å². The molecular weight excluding hydrogens is 404 g/mol. The Morgan fingerprint density at radius 3 is 2.40 bits per heavy atom. The van der Waals surface area contributed by atoms with Crippen molar-refractivity contribution >= 4 is 34.1 Å². The SMILES string of the molecule is O=C(NC1CCCCC1)c1c(NC(=O)[C@@H]2[C@@H](C(=O)O)[C@H]3CC[C@H]2O3)sc2c1CCC2. The molecule has 1 aromatic heterocycles. The van der Waals surface area contributed by atoms with Crippen molar-refractivity contribution in [3.63, 3.8) is 0 Å². The Kier molecular flexibility index (Phi) is 5.31. The molecule has 0 spiro atoms. The Hall–Kier alpha value is -1.93. The summed E-state index contributed by atoms with van der Waals surface area (Å²) >= 11 is 1.47. The molecule has 2 amide bonds. The van der Waals surface area contributed by atoms with E-state index in [0.29, 0.717) is 23.4 Å². The van der Waals surface area contributed by atoms with Crippen molar-refractivity contribution in [1.29, 1.82) is 0 Å². The first-order chi connectivity index (χ1) is 14.5. The van der Waals surface area contributed by atoms with Gasteiger partial charge in [0, 0.05) is 10.9 Å². The average molecular weight is 433 g/mol. The number of hydrogen-bond acceptors (Lipinski definition) is 5. The minimum absolute atomic E-state index is 0.101. The first-order valence-corrected chi connectivity index (χ1v) is 12.0. The van der Waals surface area contributed by atoms with Crippen molar-refractivity contribution in [2.45, 2.75) is 82.5 Å². The maximum Gasteiger partial charge on any atom is 0.310 e. The lowest BCUT2D eigenvalue weighted by Crippen LogP contribution is -2.41. The van der Waals surface area contributed by atoms with Crippen molar-refractivity contribution in [2.75, 3.05) is 5.32 Å². The van der Waals surface area contributed by atoms with Crippen LogP contribution in [0.3, 0.4) is 0 Å². The highest BCUT2D eigenvalue weighted by molar-refractivity contribution is 7.17. The lowest BCUT2D eigenvalue weighted by Gasteiger charge is -2.24. The Bertz CT molecular complexity index is 875. The van der Waals surface area contributed by atoms with Crippen LogP contribution in [0.25, 0.3) is 0 Å². The lowest BCUT2D eigenvalue weighted by molar-refractivity contribution is -0.147. The van der Waals surface area contributed by atoms with Crippen LogP contribution >= 0.6 is 11.3 Å². The summed E-state index contributed by atoms with van der Waals surface area (Å²) in [5.41, 5.74) is 1.66. The van der Waals surface area contributed by atoms with Gasteiger partial charge in [-0.3, -0.25) is 14.4 Å². The molecule has 0 radical (unpaired) electrons. The molecule has 5 rings (SSSR count). The third kappa shape index (κ3) is 3.43. The molecule has 2 aliphatic carbocycles. The van der Waals surface area contributed by atoms with E-state index in [-0.39, 0.29) is 30.1 Å². The van der Waals surface area contributed by atoms with E-state index < -0.39 is 17.8 Å². The molecule has 7 nitrogen and oxygen atoms in total. The number of amides is 2. The largest absolute Gasteiger partial charge is 0.481 e. The second-order valence-corrected chi connectivity index (χ2v) is 10.1. The van der Waals surface area contributed by atoms with E-state index >= 15 is 0 Å². The number of aliphatic carboxylic acids is 1. The fourth-order valence-electron chi connectivity index (χ4n) is 5.76. The molecule has 2 aliphatic heterocycles. The molecule has 30 heavy (non-hydrogen) atoms. The molecule has 4 atom stereocenters. The normalized spacial score (nSPS) is 30.3. The van der Waals surface area contributed by atoms with Gasteiger partial charge in [0.2, 0.25) is 5.91 Å². The van der Waals surface area contributed by atoms with Crippen molar-refractivity contribution in [2.24, 2.45) is 11.8 Å². The van der Waals surface area contributed by atoms with Crippen LogP contribution in [0.5, 0.6) is 0 Å². The molecule has 2 bridgehead atoms. The van der Waals surface area contributed by atoms with Crippen LogP contribution in [0.15, 0.2) is 0 Å². The predicted octanol–water partition coefficient (Wildman–Crippen LogP) is 3.12. The molecule has 3 N–H and O–H groups in total. The van der Waals surface area contributed by atoms with Crippen LogP contribution in [0.1, 0.15) is 72.2 Å². The number of fused-ring (bicyclic) bond motifs is 3. The highest BCUT2D eigenvalue weighted by atomic mass is 32.1. The molecule has 4 aliphatic rings. The summed E-state index contributed by atoms with van der Waals surface area (Å²) in [6.45, 7) is 0. The molecule has 0 unspecified atom stereocenters. The zero-order valence-corrected chi connectivity index (χ0v) is 17.8. The maximum atomic E-state index is 13.2. The average Bonchev–Trinajstić information content (AvgIpc) is 3.48. The molecule has 1 saturated carbocycles. The molecule has 0 aromatic carbocycles. The Morgan fingerprint density at radius 2 is 1.67 bits per heavy atom. The smallest absolute Gasteiger partial charge is 0.310 e. The second kappa shape index (κ2) is 7.96. The number of carbonyl (C=O) groups excluding carboxylic acids is 2. The van der Waals surface area contributed by atoms with E-state index in [1.165, 1.54) is 17.8 Å². The molecular formula is C22H28N2O5S. The number of thiophene rings is 1. The highest BCUT2D eigenvalue weighted by Crippen LogP contribution is 2.45. The van der Waals surface area contributed by atoms with Crippen LogP contribution in [-0.2, 0) is 27.2 Å². The van der Waals surface area contributed by atoms with Crippen LogP contribution in [0, 0.1) is 11.8 Å². The Morgan fingerprint density at radius 1 is 0.933 bits per heavy atom. The van der Waals surface area contributed by atoms with Crippen LogP contribution in [0.4, 0.5) is 5.00 Å². The van der Waals surface area contributed by atoms with E-state index in [0.717, 1.165) is 55.4 Å². The third-order valence-electron chi connectivity index (χ3n) is 7.19. The van der Waals surface area contributed by atoms with Gasteiger partial charge in [-0.25, -0.2) is 0 Å². The summed E-state index contributed by atoms with van der Waals surface area (Å²) in [6, 6.07) is 0.196. The fraction of sp³-hybridized carbons (Fsp3) is 0.682. The van der Waals surface area contributed by atoms with E-state index in [2.05, 4.69) is 10.6 Å². The number of aryl methyl sites for hydroxylation is 1. The predicted molar refractivity (Wildman–Crippen MR) is 112 cm³/mol. The number of nitrogens with one attached hydrogen (secondary N) is 2. The van der Waals surface area contributed by atoms with E-state index in [1.54, 1.807) is 0 Å². The molecule has 2 saturated heterocycles. The van der Waals surface area contributed by atoms with Gasteiger partial charge in [0.05, 0.1) is 29.6 Å². The monoisotopic (exact) mass is 432 g/mol. The number of carboxylic acid groups (broad SMARTS) is 1. The lowest BCUT2D eigenvalue weighted by atomic mass is 9.79. The zero-order chi connectivity index (χ0) is 20.8. The Labute approximate surface area is 179 Å². The topological polar surface area (TPSA) is 105 Å². The van der Waals surface area contributed by atoms with Crippen molar-refractivity contribution < 1.29 is 24.2 Å². The molecule has 3 fully saturated rings.